The summed E-state index contributed by atoms with van der Waals surface area (Å²) in [6, 6.07) is 21.3. The third-order valence-electron chi connectivity index (χ3n) is 2.92. The molecule has 0 aliphatic heterocycles. The van der Waals surface area contributed by atoms with E-state index in [1.807, 2.05) is 6.07 Å². The van der Waals surface area contributed by atoms with Crippen molar-refractivity contribution >= 4 is 5.69 Å². The largest absolute Gasteiger partial charge is 0.378 e. The maximum absolute atomic E-state index is 3.59. The van der Waals surface area contributed by atoms with Crippen LogP contribution in [0.3, 0.4) is 0 Å². The first kappa shape index (κ1) is 11.7. The van der Waals surface area contributed by atoms with Gasteiger partial charge in [0.05, 0.1) is 6.04 Å². The third-order valence-corrected chi connectivity index (χ3v) is 2.92. The molecule has 0 aliphatic rings. The van der Waals surface area contributed by atoms with E-state index >= 15 is 0 Å². The maximum atomic E-state index is 3.59. The zero-order valence-electron chi connectivity index (χ0n) is 10.4. The van der Waals surface area contributed by atoms with Crippen molar-refractivity contribution in [2.45, 2.75) is 19.9 Å². The van der Waals surface area contributed by atoms with Crippen molar-refractivity contribution in [1.82, 2.24) is 0 Å². The van der Waals surface area contributed by atoms with E-state index in [0.29, 0.717) is 12.0 Å². The quantitative estimate of drug-likeness (QED) is 0.808. The predicted octanol–water partition coefficient (Wildman–Crippen LogP) is 4.50. The fraction of sp³-hybridized carbons (Fsp3) is 0.250. The van der Waals surface area contributed by atoms with Crippen molar-refractivity contribution in [3.63, 3.8) is 0 Å². The Hall–Kier alpha value is -1.76. The smallest absolute Gasteiger partial charge is 0.0536 e. The van der Waals surface area contributed by atoms with E-state index in [0.717, 1.165) is 0 Å². The summed E-state index contributed by atoms with van der Waals surface area (Å²) in [6.45, 7) is 4.49. The second-order valence-electron chi connectivity index (χ2n) is 4.64. The lowest BCUT2D eigenvalue weighted by Crippen LogP contribution is -2.16. The van der Waals surface area contributed by atoms with Crippen LogP contribution in [0.5, 0.6) is 0 Å². The van der Waals surface area contributed by atoms with Gasteiger partial charge in [0.15, 0.2) is 0 Å². The zero-order chi connectivity index (χ0) is 12.1. The lowest BCUT2D eigenvalue weighted by Gasteiger charge is -2.24. The fourth-order valence-electron chi connectivity index (χ4n) is 2.01. The highest BCUT2D eigenvalue weighted by molar-refractivity contribution is 5.45. The number of hydrogen-bond donors (Lipinski definition) is 1. The minimum atomic E-state index is 0.360. The van der Waals surface area contributed by atoms with Gasteiger partial charge in [0.2, 0.25) is 0 Å². The Morgan fingerprint density at radius 2 is 1.29 bits per heavy atom. The summed E-state index contributed by atoms with van der Waals surface area (Å²) in [4.78, 5) is 0. The Morgan fingerprint density at radius 1 is 0.765 bits per heavy atom. The fourth-order valence-corrected chi connectivity index (χ4v) is 2.01. The molecule has 0 unspecified atom stereocenters. The van der Waals surface area contributed by atoms with Crippen LogP contribution in [0.15, 0.2) is 60.7 Å². The summed E-state index contributed by atoms with van der Waals surface area (Å²) in [5.74, 6) is 0.553. The Kier molecular flexibility index (Phi) is 3.81. The van der Waals surface area contributed by atoms with Crippen LogP contribution in [-0.2, 0) is 0 Å². The van der Waals surface area contributed by atoms with Gasteiger partial charge in [0.25, 0.3) is 0 Å². The van der Waals surface area contributed by atoms with Crippen molar-refractivity contribution in [3.05, 3.63) is 66.2 Å². The van der Waals surface area contributed by atoms with Gasteiger partial charge < -0.3 is 5.32 Å². The number of hydrogen-bond acceptors (Lipinski definition) is 1. The van der Waals surface area contributed by atoms with Crippen molar-refractivity contribution in [3.8, 4) is 0 Å². The van der Waals surface area contributed by atoms with Crippen LogP contribution in [-0.4, -0.2) is 0 Å². The molecule has 0 amide bonds. The summed E-state index contributed by atoms with van der Waals surface area (Å²) >= 11 is 0. The van der Waals surface area contributed by atoms with Gasteiger partial charge in [-0.05, 0) is 23.6 Å². The molecule has 0 spiro atoms. The minimum Gasteiger partial charge on any atom is -0.378 e. The van der Waals surface area contributed by atoms with Crippen LogP contribution >= 0.6 is 0 Å². The Balaban J connectivity index is 2.20. The van der Waals surface area contributed by atoms with E-state index < -0.39 is 0 Å². The lowest BCUT2D eigenvalue weighted by atomic mass is 9.96. The lowest BCUT2D eigenvalue weighted by molar-refractivity contribution is 0.546. The van der Waals surface area contributed by atoms with Crippen molar-refractivity contribution < 1.29 is 0 Å². The molecule has 0 aliphatic carbocycles. The molecule has 0 bridgehead atoms. The van der Waals surface area contributed by atoms with E-state index in [1.165, 1.54) is 11.3 Å². The molecule has 2 aromatic carbocycles. The van der Waals surface area contributed by atoms with Crippen LogP contribution < -0.4 is 5.32 Å². The van der Waals surface area contributed by atoms with Crippen LogP contribution in [0.4, 0.5) is 5.69 Å². The first-order valence-corrected chi connectivity index (χ1v) is 6.14. The second kappa shape index (κ2) is 5.53. The molecular formula is C16H19N. The molecule has 17 heavy (non-hydrogen) atoms. The summed E-state index contributed by atoms with van der Waals surface area (Å²) in [5.41, 5.74) is 2.52. The number of para-hydroxylation sites is 1. The van der Waals surface area contributed by atoms with Crippen LogP contribution in [0.2, 0.25) is 0 Å². The minimum absolute atomic E-state index is 0.360. The highest BCUT2D eigenvalue weighted by atomic mass is 14.9. The van der Waals surface area contributed by atoms with E-state index in [2.05, 4.69) is 73.8 Å². The van der Waals surface area contributed by atoms with E-state index in [-0.39, 0.29) is 0 Å². The highest BCUT2D eigenvalue weighted by Gasteiger charge is 2.14. The molecule has 1 N–H and O–H groups in total. The standard InChI is InChI=1S/C16H19N/c1-13(2)16(14-9-5-3-6-10-14)17-15-11-7-4-8-12-15/h3-13,16-17H,1-2H3/t16-/m0/s1. The average Bonchev–Trinajstić information content (AvgIpc) is 2.38. The second-order valence-corrected chi connectivity index (χ2v) is 4.64. The Labute approximate surface area is 103 Å². The molecule has 1 atom stereocenters. The normalized spacial score (nSPS) is 12.4. The van der Waals surface area contributed by atoms with Gasteiger partial charge in [-0.1, -0.05) is 62.4 Å². The molecule has 1 nitrogen and oxygen atoms in total. The average molecular weight is 225 g/mol. The van der Waals surface area contributed by atoms with E-state index in [9.17, 15) is 0 Å². The first-order valence-electron chi connectivity index (χ1n) is 6.14. The molecule has 1 heteroatoms. The highest BCUT2D eigenvalue weighted by Crippen LogP contribution is 2.25. The van der Waals surface area contributed by atoms with E-state index in [4.69, 9.17) is 0 Å². The number of anilines is 1. The van der Waals surface area contributed by atoms with Gasteiger partial charge in [0, 0.05) is 5.69 Å². The summed E-state index contributed by atoms with van der Waals surface area (Å²) in [7, 11) is 0. The molecule has 0 fully saturated rings. The number of benzene rings is 2. The topological polar surface area (TPSA) is 12.0 Å². The van der Waals surface area contributed by atoms with E-state index in [1.54, 1.807) is 0 Å². The van der Waals surface area contributed by atoms with Crippen molar-refractivity contribution in [2.24, 2.45) is 5.92 Å². The van der Waals surface area contributed by atoms with Gasteiger partial charge in [0.1, 0.15) is 0 Å². The Morgan fingerprint density at radius 3 is 1.82 bits per heavy atom. The van der Waals surface area contributed by atoms with Gasteiger partial charge >= 0.3 is 0 Å². The molecule has 2 aromatic rings. The van der Waals surface area contributed by atoms with Gasteiger partial charge in [-0.15, -0.1) is 0 Å². The zero-order valence-corrected chi connectivity index (χ0v) is 10.4. The summed E-state index contributed by atoms with van der Waals surface area (Å²) < 4.78 is 0. The summed E-state index contributed by atoms with van der Waals surface area (Å²) in [5, 5.41) is 3.59. The van der Waals surface area contributed by atoms with Crippen molar-refractivity contribution in [2.75, 3.05) is 5.32 Å². The number of nitrogens with one attached hydrogen (secondary N) is 1. The van der Waals surface area contributed by atoms with Crippen LogP contribution in [0.1, 0.15) is 25.5 Å². The summed E-state index contributed by atoms with van der Waals surface area (Å²) in [6.07, 6.45) is 0. The molecule has 0 saturated carbocycles. The molecule has 88 valence electrons. The SMILES string of the molecule is CC(C)[C@H](Nc1ccccc1)c1ccccc1. The van der Waals surface area contributed by atoms with Crippen LogP contribution in [0.25, 0.3) is 0 Å². The molecule has 0 heterocycles. The molecule has 0 radical (unpaired) electrons. The predicted molar refractivity (Wildman–Crippen MR) is 74.1 cm³/mol. The van der Waals surface area contributed by atoms with Crippen LogP contribution in [0, 0.1) is 5.92 Å². The molecular weight excluding hydrogens is 206 g/mol. The van der Waals surface area contributed by atoms with Crippen molar-refractivity contribution in [1.29, 1.82) is 0 Å². The Bertz CT molecular complexity index is 434. The number of rotatable bonds is 4. The monoisotopic (exact) mass is 225 g/mol. The maximum Gasteiger partial charge on any atom is 0.0536 e. The van der Waals surface area contributed by atoms with Gasteiger partial charge in [-0.2, -0.15) is 0 Å². The third kappa shape index (κ3) is 3.10. The van der Waals surface area contributed by atoms with Gasteiger partial charge in [-0.25, -0.2) is 0 Å². The van der Waals surface area contributed by atoms with Gasteiger partial charge in [-0.3, -0.25) is 0 Å². The molecule has 2 rings (SSSR count). The molecule has 0 saturated heterocycles. The molecule has 0 aromatic heterocycles. The first-order chi connectivity index (χ1) is 8.27.